The van der Waals surface area contributed by atoms with Gasteiger partial charge < -0.3 is 21.7 Å². The predicted octanol–water partition coefficient (Wildman–Crippen LogP) is 4.29. The van der Waals surface area contributed by atoms with Crippen molar-refractivity contribution in [3.05, 3.63) is 35.1 Å². The quantitative estimate of drug-likeness (QED) is 0.592. The number of piperidine rings is 1. The SMILES string of the molecule is CC1(C)CC(Nc2ncnc(Nc3ccc(Br)cc3)c2N)CC(C)(C)N1. The van der Waals surface area contributed by atoms with Gasteiger partial charge in [-0.15, -0.1) is 0 Å². The molecule has 140 valence electrons. The van der Waals surface area contributed by atoms with Gasteiger partial charge in [-0.25, -0.2) is 9.97 Å². The maximum Gasteiger partial charge on any atom is 0.159 e. The Kier molecular flexibility index (Phi) is 5.12. The Labute approximate surface area is 163 Å². The van der Waals surface area contributed by atoms with Crippen LogP contribution in [-0.2, 0) is 0 Å². The molecule has 2 heterocycles. The Hall–Kier alpha value is -1.86. The topological polar surface area (TPSA) is 87.9 Å². The molecule has 0 atom stereocenters. The summed E-state index contributed by atoms with van der Waals surface area (Å²) in [7, 11) is 0. The fourth-order valence-corrected chi connectivity index (χ4v) is 4.16. The Bertz CT molecular complexity index is 756. The van der Waals surface area contributed by atoms with Crippen LogP contribution in [0.2, 0.25) is 0 Å². The van der Waals surface area contributed by atoms with Gasteiger partial charge in [0.1, 0.15) is 12.0 Å². The van der Waals surface area contributed by atoms with E-state index in [4.69, 9.17) is 5.73 Å². The van der Waals surface area contributed by atoms with E-state index in [-0.39, 0.29) is 11.1 Å². The second-order valence-electron chi connectivity index (χ2n) is 8.26. The highest BCUT2D eigenvalue weighted by Gasteiger charge is 2.37. The molecule has 1 aliphatic heterocycles. The summed E-state index contributed by atoms with van der Waals surface area (Å²) in [5.74, 6) is 1.29. The van der Waals surface area contributed by atoms with Gasteiger partial charge in [0.15, 0.2) is 11.6 Å². The average molecular weight is 419 g/mol. The summed E-state index contributed by atoms with van der Waals surface area (Å²) in [5, 5.41) is 10.5. The second kappa shape index (κ2) is 7.04. The summed E-state index contributed by atoms with van der Waals surface area (Å²) < 4.78 is 1.03. The standard InChI is InChI=1S/C19H27BrN6/c1-18(2)9-14(10-19(3,4)26-18)25-17-15(21)16(22-11-23-17)24-13-7-5-12(20)6-8-13/h5-8,11,14,26H,9-10,21H2,1-4H3,(H2,22,23,24,25). The fourth-order valence-electron chi connectivity index (χ4n) is 3.90. The van der Waals surface area contributed by atoms with E-state index in [0.717, 1.165) is 23.0 Å². The molecule has 1 aromatic carbocycles. The van der Waals surface area contributed by atoms with Crippen molar-refractivity contribution < 1.29 is 0 Å². The van der Waals surface area contributed by atoms with Gasteiger partial charge in [-0.2, -0.15) is 0 Å². The van der Waals surface area contributed by atoms with Crippen LogP contribution in [0.1, 0.15) is 40.5 Å². The Morgan fingerprint density at radius 1 is 1.04 bits per heavy atom. The van der Waals surface area contributed by atoms with Crippen LogP contribution in [0.25, 0.3) is 0 Å². The van der Waals surface area contributed by atoms with Crippen LogP contribution >= 0.6 is 15.9 Å². The van der Waals surface area contributed by atoms with Crippen LogP contribution in [0.3, 0.4) is 0 Å². The van der Waals surface area contributed by atoms with Gasteiger partial charge in [0, 0.05) is 27.3 Å². The maximum absolute atomic E-state index is 6.34. The molecule has 1 aromatic heterocycles. The largest absolute Gasteiger partial charge is 0.393 e. The van der Waals surface area contributed by atoms with Crippen LogP contribution < -0.4 is 21.7 Å². The molecule has 1 aliphatic rings. The van der Waals surface area contributed by atoms with E-state index in [1.54, 1.807) is 0 Å². The summed E-state index contributed by atoms with van der Waals surface area (Å²) in [6.45, 7) is 8.91. The number of anilines is 4. The van der Waals surface area contributed by atoms with Crippen molar-refractivity contribution >= 4 is 38.9 Å². The third-order valence-corrected chi connectivity index (χ3v) is 5.05. The van der Waals surface area contributed by atoms with E-state index in [1.807, 2.05) is 24.3 Å². The first kappa shape index (κ1) is 18.9. The van der Waals surface area contributed by atoms with Gasteiger partial charge in [-0.3, -0.25) is 0 Å². The normalized spacial score (nSPS) is 19.1. The van der Waals surface area contributed by atoms with E-state index >= 15 is 0 Å². The molecular weight excluding hydrogens is 392 g/mol. The third-order valence-electron chi connectivity index (χ3n) is 4.52. The van der Waals surface area contributed by atoms with Gasteiger partial charge in [0.05, 0.1) is 0 Å². The number of nitrogen functional groups attached to an aromatic ring is 1. The molecule has 26 heavy (non-hydrogen) atoms. The number of aromatic nitrogens is 2. The van der Waals surface area contributed by atoms with Gasteiger partial charge in [0.25, 0.3) is 0 Å². The lowest BCUT2D eigenvalue weighted by Gasteiger charge is -2.46. The average Bonchev–Trinajstić information content (AvgIpc) is 2.50. The molecule has 1 saturated heterocycles. The molecule has 6 nitrogen and oxygen atoms in total. The summed E-state index contributed by atoms with van der Waals surface area (Å²) in [6, 6.07) is 8.17. The molecule has 0 bridgehead atoms. The van der Waals surface area contributed by atoms with Crippen LogP contribution in [0, 0.1) is 0 Å². The fraction of sp³-hybridized carbons (Fsp3) is 0.474. The van der Waals surface area contributed by atoms with Crippen LogP contribution in [0.5, 0.6) is 0 Å². The van der Waals surface area contributed by atoms with Crippen molar-refractivity contribution in [2.45, 2.75) is 57.7 Å². The zero-order valence-corrected chi connectivity index (χ0v) is 17.3. The Morgan fingerprint density at radius 2 is 1.62 bits per heavy atom. The monoisotopic (exact) mass is 418 g/mol. The number of nitrogens with zero attached hydrogens (tertiary/aromatic N) is 2. The number of nitrogens with two attached hydrogens (primary N) is 1. The van der Waals surface area contributed by atoms with E-state index in [2.05, 4.69) is 69.5 Å². The molecule has 1 fully saturated rings. The van der Waals surface area contributed by atoms with Crippen LogP contribution in [-0.4, -0.2) is 27.1 Å². The predicted molar refractivity (Wildman–Crippen MR) is 112 cm³/mol. The van der Waals surface area contributed by atoms with Crippen molar-refractivity contribution in [3.63, 3.8) is 0 Å². The Balaban J connectivity index is 1.77. The van der Waals surface area contributed by atoms with Crippen molar-refractivity contribution in [1.82, 2.24) is 15.3 Å². The minimum atomic E-state index is 0.0553. The number of halogens is 1. The van der Waals surface area contributed by atoms with Crippen LogP contribution in [0.15, 0.2) is 35.1 Å². The summed E-state index contributed by atoms with van der Waals surface area (Å²) >= 11 is 3.44. The number of nitrogens with one attached hydrogen (secondary N) is 3. The van der Waals surface area contributed by atoms with Crippen LogP contribution in [0.4, 0.5) is 23.0 Å². The minimum Gasteiger partial charge on any atom is -0.393 e. The highest BCUT2D eigenvalue weighted by Crippen LogP contribution is 2.33. The van der Waals surface area contributed by atoms with Crippen molar-refractivity contribution in [2.24, 2.45) is 0 Å². The molecule has 3 rings (SSSR count). The molecule has 0 unspecified atom stereocenters. The summed E-state index contributed by atoms with van der Waals surface area (Å²) in [4.78, 5) is 8.66. The first-order valence-corrected chi connectivity index (χ1v) is 9.62. The number of hydrogen-bond donors (Lipinski definition) is 4. The molecule has 5 N–H and O–H groups in total. The summed E-state index contributed by atoms with van der Waals surface area (Å²) in [6.07, 6.45) is 3.53. The molecule has 0 spiro atoms. The highest BCUT2D eigenvalue weighted by molar-refractivity contribution is 9.10. The zero-order valence-electron chi connectivity index (χ0n) is 15.7. The molecule has 0 amide bonds. The maximum atomic E-state index is 6.34. The molecule has 0 aliphatic carbocycles. The molecule has 0 radical (unpaired) electrons. The Morgan fingerprint density at radius 3 is 2.23 bits per heavy atom. The van der Waals surface area contributed by atoms with E-state index in [1.165, 1.54) is 6.33 Å². The van der Waals surface area contributed by atoms with Gasteiger partial charge in [0.2, 0.25) is 0 Å². The van der Waals surface area contributed by atoms with Crippen molar-refractivity contribution in [3.8, 4) is 0 Å². The van der Waals surface area contributed by atoms with E-state index in [9.17, 15) is 0 Å². The first-order chi connectivity index (χ1) is 12.1. The summed E-state index contributed by atoms with van der Waals surface area (Å²) in [5.41, 5.74) is 7.91. The van der Waals surface area contributed by atoms with E-state index < -0.39 is 0 Å². The molecule has 2 aromatic rings. The highest BCUT2D eigenvalue weighted by atomic mass is 79.9. The molecular formula is C19H27BrN6. The van der Waals surface area contributed by atoms with Gasteiger partial charge in [-0.1, -0.05) is 15.9 Å². The zero-order chi connectivity index (χ0) is 18.9. The van der Waals surface area contributed by atoms with Gasteiger partial charge >= 0.3 is 0 Å². The van der Waals surface area contributed by atoms with Gasteiger partial charge in [-0.05, 0) is 64.8 Å². The second-order valence-corrected chi connectivity index (χ2v) is 9.17. The number of rotatable bonds is 4. The lowest BCUT2D eigenvalue weighted by Crippen LogP contribution is -2.60. The van der Waals surface area contributed by atoms with Crippen molar-refractivity contribution in [2.75, 3.05) is 16.4 Å². The van der Waals surface area contributed by atoms with E-state index in [0.29, 0.717) is 23.4 Å². The minimum absolute atomic E-state index is 0.0553. The smallest absolute Gasteiger partial charge is 0.159 e. The van der Waals surface area contributed by atoms with Crippen molar-refractivity contribution in [1.29, 1.82) is 0 Å². The lowest BCUT2D eigenvalue weighted by atomic mass is 9.79. The number of hydrogen-bond acceptors (Lipinski definition) is 6. The first-order valence-electron chi connectivity index (χ1n) is 8.82. The lowest BCUT2D eigenvalue weighted by molar-refractivity contribution is 0.170. The third kappa shape index (κ3) is 4.65. The number of benzene rings is 1. The molecule has 0 saturated carbocycles. The molecule has 7 heteroatoms.